The average Bonchev–Trinajstić information content (AvgIpc) is 3.40. The maximum absolute atomic E-state index is 13.7. The topological polar surface area (TPSA) is 91.0 Å². The predicted molar refractivity (Wildman–Crippen MR) is 111 cm³/mol. The number of nitrogens with zero attached hydrogens (tertiary/aromatic N) is 3. The number of hydrogen-bond acceptors (Lipinski definition) is 6. The van der Waals surface area contributed by atoms with Gasteiger partial charge in [-0.1, -0.05) is 41.7 Å². The number of carbonyl (C=O) groups excluding carboxylic acids is 1. The van der Waals surface area contributed by atoms with Gasteiger partial charge in [0.05, 0.1) is 6.04 Å². The van der Waals surface area contributed by atoms with Crippen molar-refractivity contribution in [3.8, 4) is 0 Å². The van der Waals surface area contributed by atoms with Crippen LogP contribution in [0, 0.1) is 0 Å². The first kappa shape index (κ1) is 23.1. The number of aromatic nitrogens is 3. The molecular weight excluding hydrogens is 469 g/mol. The molecule has 1 fully saturated rings. The highest BCUT2D eigenvalue weighted by atomic mass is 32.1. The average molecular weight is 487 g/mol. The fourth-order valence-corrected chi connectivity index (χ4v) is 4.65. The fraction of sp³-hybridized carbons (Fsp3) is 0.400. The van der Waals surface area contributed by atoms with E-state index < -0.39 is 29.5 Å². The van der Waals surface area contributed by atoms with Crippen molar-refractivity contribution in [1.82, 2.24) is 20.3 Å². The fourth-order valence-electron chi connectivity index (χ4n) is 3.63. The number of rotatable bonds is 5. The Bertz CT molecular complexity index is 1230. The Hall–Kier alpha value is -3.09. The van der Waals surface area contributed by atoms with Crippen molar-refractivity contribution in [2.24, 2.45) is 0 Å². The van der Waals surface area contributed by atoms with E-state index in [9.17, 15) is 31.5 Å². The molecule has 2 N–H and O–H groups in total. The van der Waals surface area contributed by atoms with Gasteiger partial charge >= 0.3 is 12.1 Å². The zero-order valence-electron chi connectivity index (χ0n) is 17.1. The monoisotopic (exact) mass is 487 g/mol. The van der Waals surface area contributed by atoms with Gasteiger partial charge in [0.15, 0.2) is 21.3 Å². The second kappa shape index (κ2) is 8.36. The standard InChI is InChI=1S/C20H18F5N5O2S/c1-10(11-6-3-2-4-7-11)26-14(31)12-8-5-9-30(12)18-27-13-15(32)28-17(29-16(13)33-18)19(21,22)20(23,24)25/h2-4,6-7,10,12H,5,8-9H2,1H3,(H,26,31)(H,28,29,32)/t10-,12?/m1/s1. The van der Waals surface area contributed by atoms with Crippen LogP contribution in [0.3, 0.4) is 0 Å². The number of nitrogens with one attached hydrogen (secondary N) is 2. The largest absolute Gasteiger partial charge is 0.461 e. The van der Waals surface area contributed by atoms with Gasteiger partial charge in [-0.3, -0.25) is 9.59 Å². The van der Waals surface area contributed by atoms with Crippen LogP contribution in [0.25, 0.3) is 10.3 Å². The Kier molecular flexibility index (Phi) is 5.85. The van der Waals surface area contributed by atoms with Crippen molar-refractivity contribution in [2.75, 3.05) is 11.4 Å². The molecule has 1 aliphatic heterocycles. The first-order valence-corrected chi connectivity index (χ1v) is 10.8. The number of H-pyrrole nitrogens is 1. The molecule has 13 heteroatoms. The molecule has 3 aromatic rings. The van der Waals surface area contributed by atoms with E-state index in [4.69, 9.17) is 0 Å². The van der Waals surface area contributed by atoms with E-state index in [0.29, 0.717) is 30.7 Å². The molecule has 1 unspecified atom stereocenters. The Morgan fingerprint density at radius 3 is 2.58 bits per heavy atom. The molecular formula is C20H18F5N5O2S. The number of thiazole rings is 1. The summed E-state index contributed by atoms with van der Waals surface area (Å²) in [6.45, 7) is 2.23. The molecule has 0 saturated carbocycles. The van der Waals surface area contributed by atoms with Crippen LogP contribution in [-0.2, 0) is 10.7 Å². The molecule has 1 saturated heterocycles. The van der Waals surface area contributed by atoms with Crippen LogP contribution in [0.15, 0.2) is 35.1 Å². The smallest absolute Gasteiger partial charge is 0.348 e. The lowest BCUT2D eigenvalue weighted by atomic mass is 10.1. The third-order valence-corrected chi connectivity index (χ3v) is 6.36. The molecule has 7 nitrogen and oxygen atoms in total. The minimum Gasteiger partial charge on any atom is -0.348 e. The summed E-state index contributed by atoms with van der Waals surface area (Å²) in [5, 5.41) is 3.07. The van der Waals surface area contributed by atoms with Gasteiger partial charge in [0.25, 0.3) is 5.56 Å². The Labute approximate surface area is 187 Å². The molecule has 4 rings (SSSR count). The number of halogens is 5. The first-order valence-electron chi connectivity index (χ1n) is 9.97. The van der Waals surface area contributed by atoms with Crippen LogP contribution in [0.1, 0.15) is 37.2 Å². The number of alkyl halides is 5. The van der Waals surface area contributed by atoms with Gasteiger partial charge in [0.1, 0.15) is 6.04 Å². The van der Waals surface area contributed by atoms with E-state index >= 15 is 0 Å². The second-order valence-corrected chi connectivity index (χ2v) is 8.59. The van der Waals surface area contributed by atoms with Crippen molar-refractivity contribution in [2.45, 2.75) is 43.9 Å². The van der Waals surface area contributed by atoms with Crippen LogP contribution in [0.5, 0.6) is 0 Å². The lowest BCUT2D eigenvalue weighted by molar-refractivity contribution is -0.292. The zero-order valence-corrected chi connectivity index (χ0v) is 17.9. The van der Waals surface area contributed by atoms with Crippen LogP contribution < -0.4 is 15.8 Å². The van der Waals surface area contributed by atoms with Gasteiger partial charge in [-0.15, -0.1) is 0 Å². The van der Waals surface area contributed by atoms with E-state index in [0.717, 1.165) is 5.56 Å². The van der Waals surface area contributed by atoms with Crippen molar-refractivity contribution >= 4 is 32.7 Å². The van der Waals surface area contributed by atoms with Gasteiger partial charge in [-0.25, -0.2) is 9.97 Å². The first-order chi connectivity index (χ1) is 15.5. The summed E-state index contributed by atoms with van der Waals surface area (Å²) in [6, 6.07) is 8.40. The maximum atomic E-state index is 13.7. The summed E-state index contributed by atoms with van der Waals surface area (Å²) in [5.41, 5.74) is -0.663. The predicted octanol–water partition coefficient (Wildman–Crippen LogP) is 3.88. The molecule has 2 aromatic heterocycles. The van der Waals surface area contributed by atoms with Gasteiger partial charge in [-0.05, 0) is 25.3 Å². The molecule has 176 valence electrons. The zero-order chi connectivity index (χ0) is 24.0. The molecule has 0 bridgehead atoms. The van der Waals surface area contributed by atoms with E-state index in [2.05, 4.69) is 15.3 Å². The molecule has 33 heavy (non-hydrogen) atoms. The molecule has 0 spiro atoms. The molecule has 1 aliphatic rings. The van der Waals surface area contributed by atoms with Crippen LogP contribution in [0.2, 0.25) is 0 Å². The van der Waals surface area contributed by atoms with E-state index in [1.165, 1.54) is 4.98 Å². The van der Waals surface area contributed by atoms with Crippen LogP contribution >= 0.6 is 11.3 Å². The highest BCUT2D eigenvalue weighted by Gasteiger charge is 2.61. The van der Waals surface area contributed by atoms with Gasteiger partial charge in [-0.2, -0.15) is 22.0 Å². The van der Waals surface area contributed by atoms with Gasteiger partial charge in [0.2, 0.25) is 5.91 Å². The number of amides is 1. The highest BCUT2D eigenvalue weighted by molar-refractivity contribution is 7.21. The SMILES string of the molecule is C[C@@H](NC(=O)C1CCCN1c1nc2c(=O)[nH]c(C(F)(F)C(F)(F)F)nc2s1)c1ccccc1. The minimum absolute atomic E-state index is 0.153. The van der Waals surface area contributed by atoms with Gasteiger partial charge < -0.3 is 15.2 Å². The lowest BCUT2D eigenvalue weighted by Gasteiger charge is -2.25. The van der Waals surface area contributed by atoms with Crippen molar-refractivity contribution in [3.63, 3.8) is 0 Å². The third-order valence-electron chi connectivity index (χ3n) is 5.37. The lowest BCUT2D eigenvalue weighted by Crippen LogP contribution is -2.44. The molecule has 3 heterocycles. The molecule has 0 aliphatic carbocycles. The van der Waals surface area contributed by atoms with E-state index in [-0.39, 0.29) is 27.4 Å². The Balaban J connectivity index is 1.61. The van der Waals surface area contributed by atoms with Crippen molar-refractivity contribution < 1.29 is 26.7 Å². The van der Waals surface area contributed by atoms with Crippen LogP contribution in [0.4, 0.5) is 27.1 Å². The number of carbonyl (C=O) groups is 1. The molecule has 1 amide bonds. The maximum Gasteiger partial charge on any atom is 0.461 e. The van der Waals surface area contributed by atoms with Gasteiger partial charge in [0, 0.05) is 6.54 Å². The van der Waals surface area contributed by atoms with Crippen molar-refractivity contribution in [3.05, 3.63) is 52.1 Å². The molecule has 0 radical (unpaired) electrons. The summed E-state index contributed by atoms with van der Waals surface area (Å²) in [5.74, 6) is -7.40. The number of hydrogen-bond donors (Lipinski definition) is 2. The normalized spacial score (nSPS) is 18.0. The summed E-state index contributed by atoms with van der Waals surface area (Å²) < 4.78 is 65.4. The van der Waals surface area contributed by atoms with Crippen molar-refractivity contribution in [1.29, 1.82) is 0 Å². The number of anilines is 1. The number of aromatic amines is 1. The van der Waals surface area contributed by atoms with E-state index in [1.807, 2.05) is 37.3 Å². The van der Waals surface area contributed by atoms with Crippen LogP contribution in [-0.4, -0.2) is 39.6 Å². The number of fused-ring (bicyclic) bond motifs is 1. The quantitative estimate of drug-likeness (QED) is 0.533. The highest BCUT2D eigenvalue weighted by Crippen LogP contribution is 2.42. The third kappa shape index (κ3) is 4.28. The second-order valence-electron chi connectivity index (χ2n) is 7.63. The summed E-state index contributed by atoms with van der Waals surface area (Å²) in [7, 11) is 0. The summed E-state index contributed by atoms with van der Waals surface area (Å²) in [4.78, 5) is 35.2. The Morgan fingerprint density at radius 1 is 1.21 bits per heavy atom. The molecule has 2 atom stereocenters. The summed E-state index contributed by atoms with van der Waals surface area (Å²) in [6.07, 6.45) is -4.79. The molecule has 1 aromatic carbocycles. The minimum atomic E-state index is -5.92. The number of benzene rings is 1. The summed E-state index contributed by atoms with van der Waals surface area (Å²) >= 11 is 0.689. The van der Waals surface area contributed by atoms with E-state index in [1.54, 1.807) is 4.90 Å². The Morgan fingerprint density at radius 2 is 1.91 bits per heavy atom.